The second-order valence-electron chi connectivity index (χ2n) is 6.43. The number of para-hydroxylation sites is 1. The number of rotatable bonds is 6. The second kappa shape index (κ2) is 6.67. The van der Waals surface area contributed by atoms with Crippen molar-refractivity contribution >= 4 is 11.6 Å². The molecule has 1 saturated heterocycles. The zero-order valence-corrected chi connectivity index (χ0v) is 13.1. The molecular formula is C17H26N4O. The fourth-order valence-electron chi connectivity index (χ4n) is 2.91. The number of nitrogens with zero attached hydrogens (tertiary/aromatic N) is 2. The van der Waals surface area contributed by atoms with E-state index in [1.54, 1.807) is 0 Å². The Morgan fingerprint density at radius 1 is 1.14 bits per heavy atom. The molecule has 5 heteroatoms. The van der Waals surface area contributed by atoms with E-state index >= 15 is 0 Å². The van der Waals surface area contributed by atoms with Crippen LogP contribution in [0.15, 0.2) is 30.3 Å². The van der Waals surface area contributed by atoms with Crippen molar-refractivity contribution in [2.45, 2.75) is 24.8 Å². The Hall–Kier alpha value is -1.59. The molecule has 0 spiro atoms. The van der Waals surface area contributed by atoms with Crippen molar-refractivity contribution in [3.8, 4) is 0 Å². The van der Waals surface area contributed by atoms with Gasteiger partial charge in [-0.15, -0.1) is 0 Å². The van der Waals surface area contributed by atoms with E-state index in [1.807, 2.05) is 0 Å². The van der Waals surface area contributed by atoms with Gasteiger partial charge in [0.2, 0.25) is 5.91 Å². The lowest BCUT2D eigenvalue weighted by Crippen LogP contribution is -2.47. The van der Waals surface area contributed by atoms with Crippen LogP contribution in [-0.4, -0.2) is 55.6 Å². The number of piperazine rings is 1. The summed E-state index contributed by atoms with van der Waals surface area (Å²) >= 11 is 0. The normalized spacial score (nSPS) is 20.7. The van der Waals surface area contributed by atoms with E-state index in [0.29, 0.717) is 0 Å². The number of anilines is 1. The van der Waals surface area contributed by atoms with E-state index in [0.717, 1.165) is 58.5 Å². The first-order valence-corrected chi connectivity index (χ1v) is 8.27. The van der Waals surface area contributed by atoms with E-state index < -0.39 is 5.54 Å². The Morgan fingerprint density at radius 2 is 1.82 bits per heavy atom. The molecule has 2 aliphatic rings. The predicted octanol–water partition coefficient (Wildman–Crippen LogP) is 0.806. The van der Waals surface area contributed by atoms with Gasteiger partial charge in [0.25, 0.3) is 0 Å². The summed E-state index contributed by atoms with van der Waals surface area (Å²) in [5, 5.41) is 2.96. The molecule has 22 heavy (non-hydrogen) atoms. The van der Waals surface area contributed by atoms with Crippen LogP contribution in [0.3, 0.4) is 0 Å². The highest BCUT2D eigenvalue weighted by atomic mass is 16.2. The van der Waals surface area contributed by atoms with Gasteiger partial charge in [-0.25, -0.2) is 0 Å². The van der Waals surface area contributed by atoms with Crippen molar-refractivity contribution in [3.05, 3.63) is 30.3 Å². The zero-order valence-electron chi connectivity index (χ0n) is 13.1. The third-order valence-electron chi connectivity index (χ3n) is 4.67. The van der Waals surface area contributed by atoms with Gasteiger partial charge in [0.05, 0.1) is 5.54 Å². The highest BCUT2D eigenvalue weighted by Crippen LogP contribution is 2.31. The first kappa shape index (κ1) is 15.3. The molecule has 0 unspecified atom stereocenters. The Bertz CT molecular complexity index is 493. The molecule has 0 bridgehead atoms. The van der Waals surface area contributed by atoms with Gasteiger partial charge in [-0.05, 0) is 37.9 Å². The standard InChI is InChI=1S/C17H26N4O/c18-17(7-8-17)16(22)19-9-4-10-20-11-13-21(14-12-20)15-5-2-1-3-6-15/h1-3,5-6H,4,7-14,18H2,(H,19,22). The average molecular weight is 302 g/mol. The molecule has 5 nitrogen and oxygen atoms in total. The van der Waals surface area contributed by atoms with E-state index in [4.69, 9.17) is 5.73 Å². The number of carbonyl (C=O) groups excluding carboxylic acids is 1. The summed E-state index contributed by atoms with van der Waals surface area (Å²) in [5.41, 5.74) is 6.63. The Labute approximate surface area is 132 Å². The van der Waals surface area contributed by atoms with Gasteiger partial charge >= 0.3 is 0 Å². The number of carbonyl (C=O) groups is 1. The summed E-state index contributed by atoms with van der Waals surface area (Å²) in [6.07, 6.45) is 2.66. The Kier molecular flexibility index (Phi) is 4.64. The Balaban J connectivity index is 1.32. The van der Waals surface area contributed by atoms with Crippen molar-refractivity contribution in [3.63, 3.8) is 0 Å². The third-order valence-corrected chi connectivity index (χ3v) is 4.67. The number of hydrogen-bond donors (Lipinski definition) is 2. The highest BCUT2D eigenvalue weighted by molar-refractivity contribution is 5.88. The van der Waals surface area contributed by atoms with Crippen LogP contribution in [0, 0.1) is 0 Å². The van der Waals surface area contributed by atoms with E-state index in [9.17, 15) is 4.79 Å². The van der Waals surface area contributed by atoms with Gasteiger partial charge in [-0.3, -0.25) is 9.69 Å². The molecule has 0 radical (unpaired) electrons. The number of hydrogen-bond acceptors (Lipinski definition) is 4. The topological polar surface area (TPSA) is 61.6 Å². The summed E-state index contributed by atoms with van der Waals surface area (Å²) in [5.74, 6) is 0.0291. The first-order chi connectivity index (χ1) is 10.7. The van der Waals surface area contributed by atoms with Crippen molar-refractivity contribution in [2.75, 3.05) is 44.2 Å². The molecule has 3 rings (SSSR count). The molecule has 1 aromatic carbocycles. The van der Waals surface area contributed by atoms with Gasteiger partial charge < -0.3 is 16.0 Å². The highest BCUT2D eigenvalue weighted by Gasteiger charge is 2.45. The maximum absolute atomic E-state index is 11.7. The minimum Gasteiger partial charge on any atom is -0.369 e. The second-order valence-corrected chi connectivity index (χ2v) is 6.43. The largest absolute Gasteiger partial charge is 0.369 e. The van der Waals surface area contributed by atoms with E-state index in [1.165, 1.54) is 5.69 Å². The Morgan fingerprint density at radius 3 is 2.45 bits per heavy atom. The monoisotopic (exact) mass is 302 g/mol. The molecule has 120 valence electrons. The maximum Gasteiger partial charge on any atom is 0.240 e. The summed E-state index contributed by atoms with van der Waals surface area (Å²) in [6, 6.07) is 10.6. The molecular weight excluding hydrogens is 276 g/mol. The van der Waals surface area contributed by atoms with Crippen molar-refractivity contribution < 1.29 is 4.79 Å². The quantitative estimate of drug-likeness (QED) is 0.763. The van der Waals surface area contributed by atoms with Crippen molar-refractivity contribution in [1.29, 1.82) is 0 Å². The fraction of sp³-hybridized carbons (Fsp3) is 0.588. The minimum absolute atomic E-state index is 0.0291. The van der Waals surface area contributed by atoms with Crippen LogP contribution in [0.5, 0.6) is 0 Å². The fourth-order valence-corrected chi connectivity index (χ4v) is 2.91. The lowest BCUT2D eigenvalue weighted by atomic mass is 10.2. The summed E-state index contributed by atoms with van der Waals surface area (Å²) in [6.45, 7) is 6.09. The molecule has 2 fully saturated rings. The molecule has 0 aromatic heterocycles. The molecule has 1 heterocycles. The lowest BCUT2D eigenvalue weighted by Gasteiger charge is -2.36. The van der Waals surface area contributed by atoms with Crippen LogP contribution >= 0.6 is 0 Å². The molecule has 1 aromatic rings. The zero-order chi connectivity index (χ0) is 15.4. The van der Waals surface area contributed by atoms with Crippen molar-refractivity contribution in [2.24, 2.45) is 5.73 Å². The number of amides is 1. The molecule has 0 atom stereocenters. The number of nitrogens with two attached hydrogens (primary N) is 1. The van der Waals surface area contributed by atoms with Gasteiger partial charge in [0.15, 0.2) is 0 Å². The maximum atomic E-state index is 11.7. The number of nitrogens with one attached hydrogen (secondary N) is 1. The third kappa shape index (κ3) is 3.78. The average Bonchev–Trinajstić information content (AvgIpc) is 3.32. The number of benzene rings is 1. The van der Waals surface area contributed by atoms with E-state index in [2.05, 4.69) is 45.4 Å². The molecule has 1 aliphatic heterocycles. The van der Waals surface area contributed by atoms with Gasteiger partial charge in [-0.2, -0.15) is 0 Å². The van der Waals surface area contributed by atoms with Crippen molar-refractivity contribution in [1.82, 2.24) is 10.2 Å². The van der Waals surface area contributed by atoms with Crippen LogP contribution in [0.4, 0.5) is 5.69 Å². The van der Waals surface area contributed by atoms with Crippen LogP contribution in [-0.2, 0) is 4.79 Å². The van der Waals surface area contributed by atoms with Crippen LogP contribution in [0.1, 0.15) is 19.3 Å². The summed E-state index contributed by atoms with van der Waals surface area (Å²) in [7, 11) is 0. The first-order valence-electron chi connectivity index (χ1n) is 8.27. The van der Waals surface area contributed by atoms with Crippen LogP contribution in [0.2, 0.25) is 0 Å². The minimum atomic E-state index is -0.540. The molecule has 1 amide bonds. The SMILES string of the molecule is NC1(C(=O)NCCCN2CCN(c3ccccc3)CC2)CC1. The van der Waals surface area contributed by atoms with Gasteiger partial charge in [-0.1, -0.05) is 18.2 Å². The predicted molar refractivity (Wildman–Crippen MR) is 88.9 cm³/mol. The van der Waals surface area contributed by atoms with Gasteiger partial charge in [0, 0.05) is 38.4 Å². The van der Waals surface area contributed by atoms with Crippen LogP contribution in [0.25, 0.3) is 0 Å². The molecule has 1 aliphatic carbocycles. The molecule has 3 N–H and O–H groups in total. The lowest BCUT2D eigenvalue weighted by molar-refractivity contribution is -0.123. The van der Waals surface area contributed by atoms with Gasteiger partial charge in [0.1, 0.15) is 0 Å². The molecule has 1 saturated carbocycles. The summed E-state index contributed by atoms with van der Waals surface area (Å²) < 4.78 is 0. The van der Waals surface area contributed by atoms with Crippen LogP contribution < -0.4 is 16.0 Å². The summed E-state index contributed by atoms with van der Waals surface area (Å²) in [4.78, 5) is 16.6. The van der Waals surface area contributed by atoms with E-state index in [-0.39, 0.29) is 5.91 Å². The smallest absolute Gasteiger partial charge is 0.240 e.